The molecule has 1 unspecified atom stereocenters. The number of ether oxygens (including phenoxy) is 1. The van der Waals surface area contributed by atoms with Crippen LogP contribution in [0.2, 0.25) is 0 Å². The number of amides is 1. The number of alkyl halides is 3. The van der Waals surface area contributed by atoms with Crippen molar-refractivity contribution in [3.05, 3.63) is 75.5 Å². The average Bonchev–Trinajstić information content (AvgIpc) is 3.26. The third kappa shape index (κ3) is 5.98. The molecule has 11 heteroatoms. The van der Waals surface area contributed by atoms with Gasteiger partial charge in [0.15, 0.2) is 0 Å². The van der Waals surface area contributed by atoms with Gasteiger partial charge in [-0.1, -0.05) is 18.2 Å². The van der Waals surface area contributed by atoms with Gasteiger partial charge in [0, 0.05) is 67.8 Å². The lowest BCUT2D eigenvalue weighted by molar-refractivity contribution is -0.384. The number of hydrogen-bond donors (Lipinski definition) is 2. The minimum atomic E-state index is -4.54. The Kier molecular flexibility index (Phi) is 7.37. The maximum Gasteiger partial charge on any atom is 0.416 e. The summed E-state index contributed by atoms with van der Waals surface area (Å²) in [6.07, 6.45) is -3.06. The standard InChI is InChI=1S/C24H25F3N4O4/c25-24(26,27)17-3-1-2-16(12-17)19(14-23(32)28-6-7-30-8-10-35-11-9-30)21-15-29-22-5-4-18(31(33)34)13-20(21)22/h1-5,12-13,15,19,29H,6-11,14H2,(H,28,32). The van der Waals surface area contributed by atoms with Crippen LogP contribution in [0, 0.1) is 10.1 Å². The molecular weight excluding hydrogens is 465 g/mol. The number of morpholine rings is 1. The summed E-state index contributed by atoms with van der Waals surface area (Å²) in [6, 6.07) is 9.11. The number of aromatic amines is 1. The van der Waals surface area contributed by atoms with Gasteiger partial charge in [-0.3, -0.25) is 19.8 Å². The molecule has 0 spiro atoms. The summed E-state index contributed by atoms with van der Waals surface area (Å²) < 4.78 is 45.5. The highest BCUT2D eigenvalue weighted by Gasteiger charge is 2.32. The van der Waals surface area contributed by atoms with Crippen molar-refractivity contribution >= 4 is 22.5 Å². The van der Waals surface area contributed by atoms with Gasteiger partial charge in [0.2, 0.25) is 5.91 Å². The smallest absolute Gasteiger partial charge is 0.379 e. The Labute approximate surface area is 199 Å². The Hall–Kier alpha value is -3.44. The van der Waals surface area contributed by atoms with E-state index >= 15 is 0 Å². The van der Waals surface area contributed by atoms with Gasteiger partial charge in [-0.15, -0.1) is 0 Å². The van der Waals surface area contributed by atoms with Crippen molar-refractivity contribution in [1.82, 2.24) is 15.2 Å². The minimum Gasteiger partial charge on any atom is -0.379 e. The number of fused-ring (bicyclic) bond motifs is 1. The quantitative estimate of drug-likeness (QED) is 0.366. The van der Waals surface area contributed by atoms with Crippen LogP contribution in [0.15, 0.2) is 48.7 Å². The molecule has 1 aromatic heterocycles. The minimum absolute atomic E-state index is 0.111. The number of carbonyl (C=O) groups is 1. The van der Waals surface area contributed by atoms with Crippen molar-refractivity contribution < 1.29 is 27.6 Å². The zero-order chi connectivity index (χ0) is 25.0. The van der Waals surface area contributed by atoms with Crippen LogP contribution in [-0.4, -0.2) is 60.1 Å². The van der Waals surface area contributed by atoms with Crippen LogP contribution in [0.25, 0.3) is 10.9 Å². The Bertz CT molecular complexity index is 1200. The average molecular weight is 490 g/mol. The number of H-pyrrole nitrogens is 1. The molecule has 0 saturated carbocycles. The molecule has 0 aliphatic carbocycles. The van der Waals surface area contributed by atoms with E-state index in [9.17, 15) is 28.1 Å². The van der Waals surface area contributed by atoms with Crippen LogP contribution in [0.5, 0.6) is 0 Å². The van der Waals surface area contributed by atoms with Crippen molar-refractivity contribution in [2.24, 2.45) is 0 Å². The van der Waals surface area contributed by atoms with E-state index in [1.54, 1.807) is 12.3 Å². The summed E-state index contributed by atoms with van der Waals surface area (Å²) in [5.74, 6) is -1.06. The Morgan fingerprint density at radius 3 is 2.69 bits per heavy atom. The van der Waals surface area contributed by atoms with Gasteiger partial charge in [-0.05, 0) is 23.3 Å². The van der Waals surface area contributed by atoms with Crippen LogP contribution < -0.4 is 5.32 Å². The van der Waals surface area contributed by atoms with Gasteiger partial charge in [-0.2, -0.15) is 13.2 Å². The molecule has 2 aromatic carbocycles. The largest absolute Gasteiger partial charge is 0.416 e. The number of aromatic nitrogens is 1. The van der Waals surface area contributed by atoms with Gasteiger partial charge >= 0.3 is 6.18 Å². The highest BCUT2D eigenvalue weighted by Crippen LogP contribution is 2.37. The molecule has 0 bridgehead atoms. The second-order valence-corrected chi connectivity index (χ2v) is 8.41. The monoisotopic (exact) mass is 490 g/mol. The van der Waals surface area contributed by atoms with Crippen LogP contribution in [-0.2, 0) is 15.7 Å². The first-order chi connectivity index (χ1) is 16.7. The summed E-state index contributed by atoms with van der Waals surface area (Å²) in [5.41, 5.74) is 0.451. The maximum atomic E-state index is 13.4. The molecule has 3 aromatic rings. The summed E-state index contributed by atoms with van der Waals surface area (Å²) in [4.78, 5) is 28.8. The van der Waals surface area contributed by atoms with E-state index in [4.69, 9.17) is 4.74 Å². The lowest BCUT2D eigenvalue weighted by Gasteiger charge is -2.26. The first-order valence-corrected chi connectivity index (χ1v) is 11.2. The first kappa shape index (κ1) is 24.7. The van der Waals surface area contributed by atoms with Gasteiger partial charge < -0.3 is 15.0 Å². The van der Waals surface area contributed by atoms with Gasteiger partial charge in [0.1, 0.15) is 0 Å². The normalized spacial score (nSPS) is 15.7. The Balaban J connectivity index is 1.62. The van der Waals surface area contributed by atoms with Gasteiger partial charge in [-0.25, -0.2) is 0 Å². The van der Waals surface area contributed by atoms with Crippen molar-refractivity contribution in [2.45, 2.75) is 18.5 Å². The fourth-order valence-corrected chi connectivity index (χ4v) is 4.31. The molecule has 1 saturated heterocycles. The molecular formula is C24H25F3N4O4. The van der Waals surface area contributed by atoms with Crippen LogP contribution in [0.4, 0.5) is 18.9 Å². The van der Waals surface area contributed by atoms with E-state index in [-0.39, 0.29) is 18.0 Å². The zero-order valence-corrected chi connectivity index (χ0v) is 18.8. The fraction of sp³-hybridized carbons (Fsp3) is 0.375. The fourth-order valence-electron chi connectivity index (χ4n) is 4.31. The number of nitro benzene ring substituents is 1. The number of hydrogen-bond acceptors (Lipinski definition) is 5. The molecule has 1 amide bonds. The lowest BCUT2D eigenvalue weighted by Crippen LogP contribution is -2.41. The number of carbonyl (C=O) groups excluding carboxylic acids is 1. The number of rotatable bonds is 8. The lowest BCUT2D eigenvalue weighted by atomic mass is 9.87. The van der Waals surface area contributed by atoms with Crippen LogP contribution in [0.1, 0.15) is 29.0 Å². The van der Waals surface area contributed by atoms with E-state index in [2.05, 4.69) is 15.2 Å². The molecule has 35 heavy (non-hydrogen) atoms. The molecule has 1 aliphatic rings. The topological polar surface area (TPSA) is 100 Å². The highest BCUT2D eigenvalue weighted by molar-refractivity contribution is 5.87. The first-order valence-electron chi connectivity index (χ1n) is 11.2. The van der Waals surface area contributed by atoms with E-state index in [1.807, 2.05) is 0 Å². The molecule has 8 nitrogen and oxygen atoms in total. The third-order valence-electron chi connectivity index (χ3n) is 6.14. The van der Waals surface area contributed by atoms with Crippen molar-refractivity contribution in [3.63, 3.8) is 0 Å². The molecule has 2 N–H and O–H groups in total. The van der Waals surface area contributed by atoms with Gasteiger partial charge in [0.05, 0.1) is 23.7 Å². The second kappa shape index (κ2) is 10.4. The molecule has 0 radical (unpaired) electrons. The van der Waals surface area contributed by atoms with Crippen LogP contribution in [0.3, 0.4) is 0 Å². The molecule has 2 heterocycles. The maximum absolute atomic E-state index is 13.4. The predicted octanol–water partition coefficient (Wildman–Crippen LogP) is 4.07. The van der Waals surface area contributed by atoms with Crippen molar-refractivity contribution in [1.29, 1.82) is 0 Å². The number of non-ortho nitro benzene ring substituents is 1. The summed E-state index contributed by atoms with van der Waals surface area (Å²) in [5, 5.41) is 14.6. The number of nitrogens with one attached hydrogen (secondary N) is 2. The summed E-state index contributed by atoms with van der Waals surface area (Å²) >= 11 is 0. The molecule has 1 fully saturated rings. The molecule has 186 valence electrons. The Morgan fingerprint density at radius 1 is 1.20 bits per heavy atom. The third-order valence-corrected chi connectivity index (χ3v) is 6.14. The zero-order valence-electron chi connectivity index (χ0n) is 18.8. The molecule has 4 rings (SSSR count). The number of halogens is 3. The number of benzene rings is 2. The summed E-state index contributed by atoms with van der Waals surface area (Å²) in [7, 11) is 0. The van der Waals surface area contributed by atoms with Crippen molar-refractivity contribution in [2.75, 3.05) is 39.4 Å². The molecule has 1 atom stereocenters. The summed E-state index contributed by atoms with van der Waals surface area (Å²) in [6.45, 7) is 3.86. The SMILES string of the molecule is O=C(CC(c1cccc(C(F)(F)F)c1)c1c[nH]c2ccc([N+](=O)[O-])cc12)NCCN1CCOCC1. The van der Waals surface area contributed by atoms with E-state index in [0.717, 1.165) is 25.2 Å². The van der Waals surface area contributed by atoms with E-state index < -0.39 is 22.6 Å². The van der Waals surface area contributed by atoms with E-state index in [1.165, 1.54) is 24.3 Å². The van der Waals surface area contributed by atoms with Crippen LogP contribution >= 0.6 is 0 Å². The van der Waals surface area contributed by atoms with Gasteiger partial charge in [0.25, 0.3) is 5.69 Å². The predicted molar refractivity (Wildman–Crippen MR) is 123 cm³/mol. The van der Waals surface area contributed by atoms with Crippen molar-refractivity contribution in [3.8, 4) is 0 Å². The van der Waals surface area contributed by atoms with E-state index in [0.29, 0.717) is 48.3 Å². The second-order valence-electron chi connectivity index (χ2n) is 8.41. The Morgan fingerprint density at radius 2 is 1.97 bits per heavy atom. The number of nitrogens with zero attached hydrogens (tertiary/aromatic N) is 2. The molecule has 1 aliphatic heterocycles. The number of nitro groups is 1. The highest BCUT2D eigenvalue weighted by atomic mass is 19.4.